The molecule has 1 aromatic carbocycles. The Morgan fingerprint density at radius 2 is 2.21 bits per heavy atom. The molecule has 2 aromatic rings. The molecule has 0 spiro atoms. The Balaban J connectivity index is 2.76. The molecule has 0 radical (unpaired) electrons. The molecule has 19 heavy (non-hydrogen) atoms. The number of methoxy groups -OCH3 is 1. The highest BCUT2D eigenvalue weighted by Crippen LogP contribution is 2.35. The highest BCUT2D eigenvalue weighted by atomic mass is 79.9. The third kappa shape index (κ3) is 2.24. The van der Waals surface area contributed by atoms with Crippen LogP contribution in [0.15, 0.2) is 22.8 Å². The molecular weight excluding hydrogens is 306 g/mol. The molecule has 0 atom stereocenters. The van der Waals surface area contributed by atoms with Gasteiger partial charge in [0.1, 0.15) is 11.8 Å². The lowest BCUT2D eigenvalue weighted by Crippen LogP contribution is -2.00. The van der Waals surface area contributed by atoms with Gasteiger partial charge in [-0.3, -0.25) is 4.68 Å². The number of halogens is 1. The van der Waals surface area contributed by atoms with E-state index in [0.717, 1.165) is 33.5 Å². The van der Waals surface area contributed by atoms with Gasteiger partial charge in [-0.2, -0.15) is 10.4 Å². The molecule has 0 fully saturated rings. The number of benzene rings is 1. The Morgan fingerprint density at radius 1 is 1.47 bits per heavy atom. The largest absolute Gasteiger partial charge is 0.496 e. The van der Waals surface area contributed by atoms with Gasteiger partial charge in [-0.25, -0.2) is 0 Å². The maximum Gasteiger partial charge on any atom is 0.123 e. The summed E-state index contributed by atoms with van der Waals surface area (Å²) < 4.78 is 7.96. The lowest BCUT2D eigenvalue weighted by atomic mass is 9.97. The van der Waals surface area contributed by atoms with Crippen molar-refractivity contribution in [1.82, 2.24) is 9.78 Å². The molecule has 0 amide bonds. The number of hydrogen-bond acceptors (Lipinski definition) is 3. The van der Waals surface area contributed by atoms with Crippen molar-refractivity contribution in [2.75, 3.05) is 7.11 Å². The second kappa shape index (κ2) is 5.45. The maximum absolute atomic E-state index is 9.48. The number of ether oxygens (including phenoxy) is 1. The van der Waals surface area contributed by atoms with Crippen molar-refractivity contribution in [3.05, 3.63) is 33.9 Å². The van der Waals surface area contributed by atoms with Crippen LogP contribution < -0.4 is 4.74 Å². The highest BCUT2D eigenvalue weighted by Gasteiger charge is 2.18. The van der Waals surface area contributed by atoms with E-state index < -0.39 is 0 Å². The molecule has 0 aliphatic heterocycles. The molecule has 98 valence electrons. The molecule has 0 unspecified atom stereocenters. The Bertz CT molecular complexity index is 636. The maximum atomic E-state index is 9.48. The summed E-state index contributed by atoms with van der Waals surface area (Å²) in [5.74, 6) is 0.751. The number of aryl methyl sites for hydroxylation is 1. The van der Waals surface area contributed by atoms with E-state index in [2.05, 4.69) is 27.1 Å². The third-order valence-corrected chi connectivity index (χ3v) is 3.68. The van der Waals surface area contributed by atoms with E-state index in [4.69, 9.17) is 4.74 Å². The van der Waals surface area contributed by atoms with E-state index in [0.29, 0.717) is 5.56 Å². The van der Waals surface area contributed by atoms with Gasteiger partial charge < -0.3 is 4.74 Å². The first kappa shape index (κ1) is 13.6. The molecule has 0 saturated carbocycles. The van der Waals surface area contributed by atoms with Gasteiger partial charge in [-0.15, -0.1) is 0 Å². The van der Waals surface area contributed by atoms with Crippen LogP contribution in [0.3, 0.4) is 0 Å². The zero-order chi connectivity index (χ0) is 14.0. The topological polar surface area (TPSA) is 50.8 Å². The Hall–Kier alpha value is -1.80. The van der Waals surface area contributed by atoms with Crippen LogP contribution in [0.1, 0.15) is 18.1 Å². The van der Waals surface area contributed by atoms with Gasteiger partial charge >= 0.3 is 0 Å². The summed E-state index contributed by atoms with van der Waals surface area (Å²) in [6, 6.07) is 6.09. The number of nitriles is 1. The molecule has 0 bridgehead atoms. The number of rotatable bonds is 3. The Kier molecular flexibility index (Phi) is 3.91. The van der Waals surface area contributed by atoms with E-state index in [-0.39, 0.29) is 0 Å². The van der Waals surface area contributed by atoms with E-state index in [1.807, 2.05) is 26.1 Å². The molecule has 0 aliphatic rings. The van der Waals surface area contributed by atoms with Gasteiger partial charge in [0.25, 0.3) is 0 Å². The van der Waals surface area contributed by atoms with Crippen molar-refractivity contribution >= 4 is 15.9 Å². The van der Waals surface area contributed by atoms with Crippen LogP contribution >= 0.6 is 15.9 Å². The Labute approximate surface area is 120 Å². The molecule has 0 aliphatic carbocycles. The monoisotopic (exact) mass is 319 g/mol. The highest BCUT2D eigenvalue weighted by molar-refractivity contribution is 9.10. The van der Waals surface area contributed by atoms with Crippen LogP contribution in [0.4, 0.5) is 0 Å². The number of hydrogen-bond donors (Lipinski definition) is 0. The van der Waals surface area contributed by atoms with E-state index in [1.165, 1.54) is 0 Å². The minimum absolute atomic E-state index is 0.645. The summed E-state index contributed by atoms with van der Waals surface area (Å²) in [7, 11) is 3.48. The van der Waals surface area contributed by atoms with Gasteiger partial charge in [0.15, 0.2) is 0 Å². The van der Waals surface area contributed by atoms with Gasteiger partial charge in [0.2, 0.25) is 0 Å². The van der Waals surface area contributed by atoms with Gasteiger partial charge in [0.05, 0.1) is 29.0 Å². The van der Waals surface area contributed by atoms with Crippen LogP contribution in [-0.4, -0.2) is 16.9 Å². The number of nitrogens with zero attached hydrogens (tertiary/aromatic N) is 3. The smallest absolute Gasteiger partial charge is 0.123 e. The normalized spacial score (nSPS) is 10.3. The average Bonchev–Trinajstić information content (AvgIpc) is 2.76. The SMILES string of the molecule is CCc1c(OC)ccc(-c2c(Br)cnn2C)c1C#N. The summed E-state index contributed by atoms with van der Waals surface area (Å²) in [6.07, 6.45) is 2.47. The Morgan fingerprint density at radius 3 is 2.68 bits per heavy atom. The van der Waals surface area contributed by atoms with Crippen LogP contribution in [0.2, 0.25) is 0 Å². The van der Waals surface area contributed by atoms with Crippen molar-refractivity contribution < 1.29 is 4.74 Å². The van der Waals surface area contributed by atoms with Gasteiger partial charge in [-0.1, -0.05) is 6.92 Å². The zero-order valence-electron chi connectivity index (χ0n) is 11.1. The molecule has 1 heterocycles. The van der Waals surface area contributed by atoms with Crippen molar-refractivity contribution in [2.24, 2.45) is 7.05 Å². The fraction of sp³-hybridized carbons (Fsp3) is 0.286. The van der Waals surface area contributed by atoms with Crippen LogP contribution in [0, 0.1) is 11.3 Å². The second-order valence-corrected chi connectivity index (χ2v) is 4.95. The summed E-state index contributed by atoms with van der Waals surface area (Å²) in [6.45, 7) is 2.01. The standard InChI is InChI=1S/C14H14BrN3O/c1-4-9-11(7-16)10(5-6-13(9)19-3)14-12(15)8-17-18(14)2/h5-6,8H,4H2,1-3H3. The van der Waals surface area contributed by atoms with Crippen molar-refractivity contribution in [1.29, 1.82) is 5.26 Å². The lowest BCUT2D eigenvalue weighted by Gasteiger charge is -2.13. The quantitative estimate of drug-likeness (QED) is 0.872. The minimum atomic E-state index is 0.645. The summed E-state index contributed by atoms with van der Waals surface area (Å²) in [4.78, 5) is 0. The average molecular weight is 320 g/mol. The molecule has 4 nitrogen and oxygen atoms in total. The fourth-order valence-corrected chi connectivity index (χ4v) is 2.77. The van der Waals surface area contributed by atoms with Crippen molar-refractivity contribution in [3.63, 3.8) is 0 Å². The van der Waals surface area contributed by atoms with Crippen molar-refractivity contribution in [2.45, 2.75) is 13.3 Å². The predicted molar refractivity (Wildman–Crippen MR) is 77.0 cm³/mol. The van der Waals surface area contributed by atoms with Crippen LogP contribution in [0.25, 0.3) is 11.3 Å². The summed E-state index contributed by atoms with van der Waals surface area (Å²) in [5.41, 5.74) is 3.34. The zero-order valence-corrected chi connectivity index (χ0v) is 12.7. The predicted octanol–water partition coefficient (Wildman–Crippen LogP) is 3.29. The third-order valence-electron chi connectivity index (χ3n) is 3.10. The number of aromatic nitrogens is 2. The fourth-order valence-electron chi connectivity index (χ4n) is 2.21. The van der Waals surface area contributed by atoms with Gasteiger partial charge in [0, 0.05) is 18.2 Å². The molecular formula is C14H14BrN3O. The lowest BCUT2D eigenvalue weighted by molar-refractivity contribution is 0.410. The first-order chi connectivity index (χ1) is 9.13. The first-order valence-corrected chi connectivity index (χ1v) is 6.71. The summed E-state index contributed by atoms with van der Waals surface area (Å²) >= 11 is 3.48. The summed E-state index contributed by atoms with van der Waals surface area (Å²) in [5, 5.41) is 13.7. The van der Waals surface area contributed by atoms with Crippen molar-refractivity contribution in [3.8, 4) is 23.1 Å². The minimum Gasteiger partial charge on any atom is -0.496 e. The van der Waals surface area contributed by atoms with E-state index >= 15 is 0 Å². The van der Waals surface area contributed by atoms with Gasteiger partial charge in [-0.05, 0) is 34.5 Å². The van der Waals surface area contributed by atoms with Crippen LogP contribution in [0.5, 0.6) is 5.75 Å². The van der Waals surface area contributed by atoms with E-state index in [9.17, 15) is 5.26 Å². The molecule has 0 saturated heterocycles. The molecule has 5 heteroatoms. The molecule has 2 rings (SSSR count). The van der Waals surface area contributed by atoms with E-state index in [1.54, 1.807) is 18.0 Å². The molecule has 0 N–H and O–H groups in total. The first-order valence-electron chi connectivity index (χ1n) is 5.91. The van der Waals surface area contributed by atoms with Crippen LogP contribution in [-0.2, 0) is 13.5 Å². The molecule has 1 aromatic heterocycles. The second-order valence-electron chi connectivity index (χ2n) is 4.10.